The summed E-state index contributed by atoms with van der Waals surface area (Å²) in [6, 6.07) is 8.04. The highest BCUT2D eigenvalue weighted by Gasteiger charge is 2.37. The van der Waals surface area contributed by atoms with E-state index in [4.69, 9.17) is 9.47 Å². The minimum atomic E-state index is -1.60. The zero-order valence-electron chi connectivity index (χ0n) is 14.8. The molecule has 6 nitrogen and oxygen atoms in total. The summed E-state index contributed by atoms with van der Waals surface area (Å²) in [5, 5.41) is 4.75. The van der Waals surface area contributed by atoms with E-state index >= 15 is 0 Å². The zero-order chi connectivity index (χ0) is 19.6. The fourth-order valence-corrected chi connectivity index (χ4v) is 2.40. The number of hydrogen-bond donors (Lipinski definition) is 2. The molecule has 0 atom stereocenters. The number of carbonyl (C=O) groups excluding carboxylic acids is 2. The van der Waals surface area contributed by atoms with Gasteiger partial charge in [0.15, 0.2) is 11.5 Å². The summed E-state index contributed by atoms with van der Waals surface area (Å²) in [6.07, 6.45) is 0. The highest BCUT2D eigenvalue weighted by Crippen LogP contribution is 2.33. The molecule has 1 aliphatic heterocycles. The van der Waals surface area contributed by atoms with Gasteiger partial charge in [-0.2, -0.15) is 0 Å². The molecule has 0 aromatic heterocycles. The second kappa shape index (κ2) is 7.22. The second-order valence-corrected chi connectivity index (χ2v) is 6.49. The van der Waals surface area contributed by atoms with E-state index in [1.54, 1.807) is 18.2 Å². The standard InChI is InChI=1S/C19H18F2N2O4/c1-19(2,18(25)23-16-12(20)4-3-5-13(16)21)17(24)22-11-6-7-14-15(10-11)27-9-8-26-14/h3-7,10H,8-9H2,1-2H3,(H,22,24)(H,23,25). The van der Waals surface area contributed by atoms with Crippen molar-refractivity contribution in [3.8, 4) is 11.5 Å². The van der Waals surface area contributed by atoms with Crippen LogP contribution in [0.2, 0.25) is 0 Å². The molecule has 27 heavy (non-hydrogen) atoms. The van der Waals surface area contributed by atoms with Crippen molar-refractivity contribution in [2.45, 2.75) is 13.8 Å². The summed E-state index contributed by atoms with van der Waals surface area (Å²) in [5.41, 5.74) is -1.79. The molecular weight excluding hydrogens is 358 g/mol. The van der Waals surface area contributed by atoms with Gasteiger partial charge < -0.3 is 20.1 Å². The molecule has 0 fully saturated rings. The van der Waals surface area contributed by atoms with Gasteiger partial charge in [0.05, 0.1) is 0 Å². The second-order valence-electron chi connectivity index (χ2n) is 6.49. The minimum absolute atomic E-state index is 0.395. The summed E-state index contributed by atoms with van der Waals surface area (Å²) >= 11 is 0. The van der Waals surface area contributed by atoms with Crippen molar-refractivity contribution in [1.82, 2.24) is 0 Å². The Balaban J connectivity index is 1.74. The third-order valence-corrected chi connectivity index (χ3v) is 4.14. The highest BCUT2D eigenvalue weighted by molar-refractivity contribution is 6.14. The Hall–Kier alpha value is -3.16. The molecule has 3 rings (SSSR count). The van der Waals surface area contributed by atoms with Gasteiger partial charge >= 0.3 is 0 Å². The van der Waals surface area contributed by atoms with Gasteiger partial charge in [0.25, 0.3) is 0 Å². The van der Waals surface area contributed by atoms with E-state index < -0.39 is 34.6 Å². The Kier molecular flexibility index (Phi) is 4.98. The van der Waals surface area contributed by atoms with Crippen LogP contribution in [0.15, 0.2) is 36.4 Å². The number of rotatable bonds is 4. The van der Waals surface area contributed by atoms with E-state index in [-0.39, 0.29) is 0 Å². The van der Waals surface area contributed by atoms with Crippen LogP contribution in [0.1, 0.15) is 13.8 Å². The lowest BCUT2D eigenvalue weighted by Gasteiger charge is -2.24. The Bertz CT molecular complexity index is 879. The predicted molar refractivity (Wildman–Crippen MR) is 94.8 cm³/mol. The number of benzene rings is 2. The summed E-state index contributed by atoms with van der Waals surface area (Å²) in [5.74, 6) is -2.30. The van der Waals surface area contributed by atoms with Crippen LogP contribution in [-0.4, -0.2) is 25.0 Å². The zero-order valence-corrected chi connectivity index (χ0v) is 14.8. The number of nitrogens with one attached hydrogen (secondary N) is 2. The van der Waals surface area contributed by atoms with Crippen molar-refractivity contribution < 1.29 is 27.8 Å². The van der Waals surface area contributed by atoms with Crippen molar-refractivity contribution in [1.29, 1.82) is 0 Å². The summed E-state index contributed by atoms with van der Waals surface area (Å²) in [4.78, 5) is 25.0. The van der Waals surface area contributed by atoms with E-state index in [0.29, 0.717) is 30.4 Å². The average molecular weight is 376 g/mol. The molecule has 8 heteroatoms. The van der Waals surface area contributed by atoms with Gasteiger partial charge in [-0.05, 0) is 38.1 Å². The maximum absolute atomic E-state index is 13.7. The van der Waals surface area contributed by atoms with Gasteiger partial charge in [0, 0.05) is 11.8 Å². The SMILES string of the molecule is CC(C)(C(=O)Nc1ccc2c(c1)OCCO2)C(=O)Nc1c(F)cccc1F. The number of carbonyl (C=O) groups is 2. The molecule has 0 saturated carbocycles. The maximum Gasteiger partial charge on any atom is 0.239 e. The topological polar surface area (TPSA) is 76.7 Å². The predicted octanol–water partition coefficient (Wildman–Crippen LogP) is 3.34. The number of fused-ring (bicyclic) bond motifs is 1. The quantitative estimate of drug-likeness (QED) is 0.803. The van der Waals surface area contributed by atoms with Crippen molar-refractivity contribution in [3.63, 3.8) is 0 Å². The number of anilines is 2. The Morgan fingerprint density at radius 2 is 1.52 bits per heavy atom. The molecule has 0 radical (unpaired) electrons. The molecule has 1 heterocycles. The Morgan fingerprint density at radius 3 is 2.19 bits per heavy atom. The van der Waals surface area contributed by atoms with Gasteiger partial charge in [-0.1, -0.05) is 6.07 Å². The van der Waals surface area contributed by atoms with E-state index in [0.717, 1.165) is 12.1 Å². The van der Waals surface area contributed by atoms with Crippen LogP contribution >= 0.6 is 0 Å². The van der Waals surface area contributed by atoms with E-state index in [1.165, 1.54) is 19.9 Å². The van der Waals surface area contributed by atoms with Crippen LogP contribution in [0.25, 0.3) is 0 Å². The molecule has 0 spiro atoms. The van der Waals surface area contributed by atoms with Crippen molar-refractivity contribution in [2.75, 3.05) is 23.8 Å². The monoisotopic (exact) mass is 376 g/mol. The number of hydrogen-bond acceptors (Lipinski definition) is 4. The third-order valence-electron chi connectivity index (χ3n) is 4.14. The first-order chi connectivity index (χ1) is 12.8. The van der Waals surface area contributed by atoms with Crippen LogP contribution in [0, 0.1) is 17.0 Å². The molecule has 2 aromatic rings. The average Bonchev–Trinajstić information content (AvgIpc) is 2.64. The number of amides is 2. The number of ether oxygens (including phenoxy) is 2. The summed E-state index contributed by atoms with van der Waals surface area (Å²) in [6.45, 7) is 3.55. The molecule has 1 aliphatic rings. The third kappa shape index (κ3) is 3.84. The summed E-state index contributed by atoms with van der Waals surface area (Å²) in [7, 11) is 0. The molecule has 2 aromatic carbocycles. The first-order valence-electron chi connectivity index (χ1n) is 8.25. The largest absolute Gasteiger partial charge is 0.486 e. The molecule has 142 valence electrons. The van der Waals surface area contributed by atoms with Crippen LogP contribution < -0.4 is 20.1 Å². The maximum atomic E-state index is 13.7. The van der Waals surface area contributed by atoms with Gasteiger partial charge in [-0.3, -0.25) is 9.59 Å². The van der Waals surface area contributed by atoms with E-state index in [1.807, 2.05) is 0 Å². The van der Waals surface area contributed by atoms with E-state index in [9.17, 15) is 18.4 Å². The molecule has 0 bridgehead atoms. The molecule has 0 saturated heterocycles. The molecule has 2 N–H and O–H groups in total. The van der Waals surface area contributed by atoms with Crippen LogP contribution in [0.5, 0.6) is 11.5 Å². The fraction of sp³-hybridized carbons (Fsp3) is 0.263. The lowest BCUT2D eigenvalue weighted by molar-refractivity contribution is -0.135. The van der Waals surface area contributed by atoms with Crippen LogP contribution in [0.4, 0.5) is 20.2 Å². The van der Waals surface area contributed by atoms with Crippen molar-refractivity contribution in [3.05, 3.63) is 48.0 Å². The first kappa shape index (κ1) is 18.6. The van der Waals surface area contributed by atoms with Crippen molar-refractivity contribution >= 4 is 23.2 Å². The lowest BCUT2D eigenvalue weighted by atomic mass is 9.90. The molecular formula is C19H18F2N2O4. The minimum Gasteiger partial charge on any atom is -0.486 e. The van der Waals surface area contributed by atoms with Gasteiger partial charge in [0.2, 0.25) is 11.8 Å². The number of halogens is 2. The van der Waals surface area contributed by atoms with Gasteiger partial charge in [-0.25, -0.2) is 8.78 Å². The van der Waals surface area contributed by atoms with Crippen LogP contribution in [0.3, 0.4) is 0 Å². The highest BCUT2D eigenvalue weighted by atomic mass is 19.1. The van der Waals surface area contributed by atoms with E-state index in [2.05, 4.69) is 10.6 Å². The van der Waals surface area contributed by atoms with Gasteiger partial charge in [-0.15, -0.1) is 0 Å². The molecule has 0 unspecified atom stereocenters. The summed E-state index contributed by atoms with van der Waals surface area (Å²) < 4.78 is 38.3. The lowest BCUT2D eigenvalue weighted by Crippen LogP contribution is -2.42. The first-order valence-corrected chi connectivity index (χ1v) is 8.25. The van der Waals surface area contributed by atoms with Crippen LogP contribution in [-0.2, 0) is 9.59 Å². The number of para-hydroxylation sites is 1. The van der Waals surface area contributed by atoms with Crippen molar-refractivity contribution in [2.24, 2.45) is 5.41 Å². The molecule has 2 amide bonds. The fourth-order valence-electron chi connectivity index (χ4n) is 2.40. The Morgan fingerprint density at radius 1 is 0.926 bits per heavy atom. The van der Waals surface area contributed by atoms with Gasteiger partial charge in [0.1, 0.15) is 36.0 Å². The molecule has 0 aliphatic carbocycles. The Labute approximate surface area is 154 Å². The smallest absolute Gasteiger partial charge is 0.239 e. The normalized spacial score (nSPS) is 13.0.